The predicted molar refractivity (Wildman–Crippen MR) is 45.6 cm³/mol. The first-order valence-electron chi connectivity index (χ1n) is 5.14. The second kappa shape index (κ2) is 2.24. The molecule has 0 aromatic carbocycles. The molecule has 1 saturated carbocycles. The lowest BCUT2D eigenvalue weighted by molar-refractivity contribution is -0.128. The summed E-state index contributed by atoms with van der Waals surface area (Å²) in [6.07, 6.45) is 6.14. The molecule has 12 heavy (non-hydrogen) atoms. The zero-order valence-corrected chi connectivity index (χ0v) is 7.33. The van der Waals surface area contributed by atoms with Gasteiger partial charge < -0.3 is 4.90 Å². The molecule has 2 heterocycles. The molecule has 3 aliphatic rings. The summed E-state index contributed by atoms with van der Waals surface area (Å²) >= 11 is 0. The van der Waals surface area contributed by atoms with E-state index < -0.39 is 0 Å². The Labute approximate surface area is 72.9 Å². The molecule has 1 aliphatic carbocycles. The molecule has 3 fully saturated rings. The molecule has 2 saturated heterocycles. The van der Waals surface area contributed by atoms with E-state index in [1.165, 1.54) is 19.3 Å². The van der Waals surface area contributed by atoms with E-state index in [4.69, 9.17) is 0 Å². The third-order valence-electron chi connectivity index (χ3n) is 3.75. The van der Waals surface area contributed by atoms with E-state index in [0.29, 0.717) is 11.9 Å². The Bertz CT molecular complexity index is 222. The van der Waals surface area contributed by atoms with Crippen LogP contribution in [0, 0.1) is 11.8 Å². The van der Waals surface area contributed by atoms with Crippen LogP contribution in [-0.4, -0.2) is 23.4 Å². The minimum Gasteiger partial charge on any atom is -0.339 e. The molecule has 1 amide bonds. The molecule has 0 aromatic rings. The van der Waals surface area contributed by atoms with Gasteiger partial charge in [0, 0.05) is 19.0 Å². The summed E-state index contributed by atoms with van der Waals surface area (Å²) in [6.45, 7) is 1.09. The molecule has 0 N–H and O–H groups in total. The number of carbonyl (C=O) groups excluding carboxylic acids is 1. The van der Waals surface area contributed by atoms with Gasteiger partial charge in [-0.1, -0.05) is 0 Å². The molecule has 66 valence electrons. The van der Waals surface area contributed by atoms with Crippen LogP contribution in [0.1, 0.15) is 32.1 Å². The topological polar surface area (TPSA) is 20.3 Å². The van der Waals surface area contributed by atoms with Crippen molar-refractivity contribution in [3.8, 4) is 0 Å². The number of hydrogen-bond donors (Lipinski definition) is 0. The first kappa shape index (κ1) is 6.93. The molecular weight excluding hydrogens is 150 g/mol. The Morgan fingerprint density at radius 2 is 2.00 bits per heavy atom. The van der Waals surface area contributed by atoms with Gasteiger partial charge in [-0.3, -0.25) is 4.79 Å². The van der Waals surface area contributed by atoms with Gasteiger partial charge in [0.25, 0.3) is 0 Å². The average Bonchev–Trinajstić information content (AvgIpc) is 2.73. The highest BCUT2D eigenvalue weighted by Crippen LogP contribution is 2.45. The maximum atomic E-state index is 11.4. The van der Waals surface area contributed by atoms with Gasteiger partial charge in [0.15, 0.2) is 0 Å². The molecule has 2 heteroatoms. The molecule has 2 aliphatic heterocycles. The van der Waals surface area contributed by atoms with Crippen molar-refractivity contribution in [1.82, 2.24) is 4.90 Å². The second-order valence-corrected chi connectivity index (χ2v) is 4.57. The van der Waals surface area contributed by atoms with Crippen molar-refractivity contribution in [2.24, 2.45) is 11.8 Å². The summed E-state index contributed by atoms with van der Waals surface area (Å²) in [4.78, 5) is 13.5. The van der Waals surface area contributed by atoms with Gasteiger partial charge in [0.05, 0.1) is 0 Å². The highest BCUT2D eigenvalue weighted by Gasteiger charge is 2.44. The van der Waals surface area contributed by atoms with Crippen LogP contribution in [0.25, 0.3) is 0 Å². The monoisotopic (exact) mass is 165 g/mol. The van der Waals surface area contributed by atoms with Crippen molar-refractivity contribution < 1.29 is 4.79 Å². The standard InChI is InChI=1S/C10H15NO/c12-10-4-3-9-5-8(6-11(9)10)7-1-2-7/h7-9H,1-6H2. The number of amides is 1. The van der Waals surface area contributed by atoms with Crippen molar-refractivity contribution in [2.45, 2.75) is 38.1 Å². The van der Waals surface area contributed by atoms with E-state index >= 15 is 0 Å². The summed E-state index contributed by atoms with van der Waals surface area (Å²) < 4.78 is 0. The minimum absolute atomic E-state index is 0.420. The largest absolute Gasteiger partial charge is 0.339 e. The normalized spacial score (nSPS) is 40.7. The maximum absolute atomic E-state index is 11.4. The molecule has 0 radical (unpaired) electrons. The van der Waals surface area contributed by atoms with E-state index in [1.54, 1.807) is 0 Å². The van der Waals surface area contributed by atoms with Crippen molar-refractivity contribution in [3.05, 3.63) is 0 Å². The number of nitrogens with zero attached hydrogens (tertiary/aromatic N) is 1. The van der Waals surface area contributed by atoms with Crippen molar-refractivity contribution in [3.63, 3.8) is 0 Å². The smallest absolute Gasteiger partial charge is 0.222 e. The number of hydrogen-bond acceptors (Lipinski definition) is 1. The number of rotatable bonds is 1. The highest BCUT2D eigenvalue weighted by molar-refractivity contribution is 5.79. The van der Waals surface area contributed by atoms with E-state index in [1.807, 2.05) is 0 Å². The molecule has 0 bridgehead atoms. The highest BCUT2D eigenvalue weighted by atomic mass is 16.2. The SMILES string of the molecule is O=C1CCC2CC(C3CC3)CN12. The third-order valence-corrected chi connectivity index (χ3v) is 3.75. The first-order valence-corrected chi connectivity index (χ1v) is 5.14. The summed E-state index contributed by atoms with van der Waals surface area (Å²) in [5.41, 5.74) is 0. The van der Waals surface area contributed by atoms with E-state index in [-0.39, 0.29) is 0 Å². The van der Waals surface area contributed by atoms with Gasteiger partial charge in [0.1, 0.15) is 0 Å². The van der Waals surface area contributed by atoms with Gasteiger partial charge in [-0.25, -0.2) is 0 Å². The second-order valence-electron chi connectivity index (χ2n) is 4.57. The van der Waals surface area contributed by atoms with E-state index in [9.17, 15) is 4.79 Å². The first-order chi connectivity index (χ1) is 5.84. The maximum Gasteiger partial charge on any atom is 0.222 e. The van der Waals surface area contributed by atoms with Crippen LogP contribution >= 0.6 is 0 Å². The average molecular weight is 165 g/mol. The van der Waals surface area contributed by atoms with Gasteiger partial charge in [-0.15, -0.1) is 0 Å². The summed E-state index contributed by atoms with van der Waals surface area (Å²) in [5.74, 6) is 2.28. The Morgan fingerprint density at radius 3 is 2.67 bits per heavy atom. The number of fused-ring (bicyclic) bond motifs is 1. The fourth-order valence-corrected chi connectivity index (χ4v) is 2.87. The molecule has 2 atom stereocenters. The number of carbonyl (C=O) groups is 1. The van der Waals surface area contributed by atoms with Crippen LogP contribution in [0.4, 0.5) is 0 Å². The molecular formula is C10H15NO. The van der Waals surface area contributed by atoms with E-state index in [0.717, 1.165) is 31.2 Å². The van der Waals surface area contributed by atoms with Crippen LogP contribution < -0.4 is 0 Å². The lowest BCUT2D eigenvalue weighted by Crippen LogP contribution is -2.27. The van der Waals surface area contributed by atoms with Gasteiger partial charge >= 0.3 is 0 Å². The molecule has 0 aromatic heterocycles. The van der Waals surface area contributed by atoms with Crippen LogP contribution in [-0.2, 0) is 4.79 Å². The van der Waals surface area contributed by atoms with Gasteiger partial charge in [-0.05, 0) is 37.5 Å². The Kier molecular flexibility index (Phi) is 1.29. The van der Waals surface area contributed by atoms with Crippen LogP contribution in [0.5, 0.6) is 0 Å². The van der Waals surface area contributed by atoms with Crippen LogP contribution in [0.3, 0.4) is 0 Å². The van der Waals surface area contributed by atoms with Crippen molar-refractivity contribution in [2.75, 3.05) is 6.54 Å². The molecule has 3 rings (SSSR count). The molecule has 2 unspecified atom stereocenters. The summed E-state index contributed by atoms with van der Waals surface area (Å²) in [6, 6.07) is 0.642. The molecule has 2 nitrogen and oxygen atoms in total. The lowest BCUT2D eigenvalue weighted by atomic mass is 9.99. The Balaban J connectivity index is 1.73. The fraction of sp³-hybridized carbons (Fsp3) is 0.900. The van der Waals surface area contributed by atoms with Crippen molar-refractivity contribution in [1.29, 1.82) is 0 Å². The third kappa shape index (κ3) is 0.900. The fourth-order valence-electron chi connectivity index (χ4n) is 2.87. The minimum atomic E-state index is 0.420. The molecule has 0 spiro atoms. The van der Waals surface area contributed by atoms with Crippen molar-refractivity contribution >= 4 is 5.91 Å². The summed E-state index contributed by atoms with van der Waals surface area (Å²) in [7, 11) is 0. The zero-order chi connectivity index (χ0) is 8.13. The van der Waals surface area contributed by atoms with Crippen LogP contribution in [0.15, 0.2) is 0 Å². The quantitative estimate of drug-likeness (QED) is 0.575. The predicted octanol–water partition coefficient (Wildman–Crippen LogP) is 1.41. The van der Waals surface area contributed by atoms with E-state index in [2.05, 4.69) is 4.90 Å². The Morgan fingerprint density at radius 1 is 1.17 bits per heavy atom. The summed E-state index contributed by atoms with van der Waals surface area (Å²) in [5, 5.41) is 0. The van der Waals surface area contributed by atoms with Gasteiger partial charge in [0.2, 0.25) is 5.91 Å². The zero-order valence-electron chi connectivity index (χ0n) is 7.33. The van der Waals surface area contributed by atoms with Gasteiger partial charge in [-0.2, -0.15) is 0 Å². The lowest BCUT2D eigenvalue weighted by Gasteiger charge is -2.14. The Hall–Kier alpha value is -0.530. The van der Waals surface area contributed by atoms with Crippen LogP contribution in [0.2, 0.25) is 0 Å².